The van der Waals surface area contributed by atoms with E-state index in [1.807, 2.05) is 37.3 Å². The molecule has 108 valence electrons. The van der Waals surface area contributed by atoms with Crippen molar-refractivity contribution in [3.8, 4) is 6.57 Å². The van der Waals surface area contributed by atoms with Crippen LogP contribution in [0.3, 0.4) is 0 Å². The van der Waals surface area contributed by atoms with Crippen LogP contribution in [-0.4, -0.2) is 15.0 Å². The fraction of sp³-hybridized carbons (Fsp3) is 0.188. The zero-order chi connectivity index (χ0) is 15.3. The third kappa shape index (κ3) is 3.91. The maximum Gasteiger partial charge on any atom is 0.321 e. The molecule has 0 radical (unpaired) electrons. The lowest BCUT2D eigenvalue weighted by molar-refractivity contribution is 0.307. The van der Waals surface area contributed by atoms with E-state index in [-0.39, 0.29) is 11.5 Å². The molecule has 0 heterocycles. The number of hydrogen-bond donors (Lipinski definition) is 0. The molecule has 21 heavy (non-hydrogen) atoms. The Kier molecular flexibility index (Phi) is 4.73. The summed E-state index contributed by atoms with van der Waals surface area (Å²) in [5.41, 5.74) is 1.78. The average Bonchev–Trinajstić information content (AvgIpc) is 2.49. The molecular formula is C16H16NO3S+. The third-order valence-electron chi connectivity index (χ3n) is 3.06. The summed E-state index contributed by atoms with van der Waals surface area (Å²) >= 11 is 0. The lowest BCUT2D eigenvalue weighted by atomic mass is 10.1. The summed E-state index contributed by atoms with van der Waals surface area (Å²) in [4.78, 5) is 3.80. The van der Waals surface area contributed by atoms with E-state index in [1.165, 1.54) is 12.1 Å². The standard InChI is InChI=1S/C16H16NO3S/c1-13-8-10-15(11-9-13)21(18,19)20-12-16(17-2)14-6-4-3-5-7-14/h2-11,16H,12H2,1H3/q+1. The van der Waals surface area contributed by atoms with Gasteiger partial charge in [0.1, 0.15) is 0 Å². The molecule has 5 heteroatoms. The van der Waals surface area contributed by atoms with Crippen molar-refractivity contribution in [2.24, 2.45) is 0 Å². The molecule has 0 aliphatic rings. The van der Waals surface area contributed by atoms with Crippen LogP contribution >= 0.6 is 0 Å². The molecule has 1 atom stereocenters. The number of hydrogen-bond acceptors (Lipinski definition) is 3. The van der Waals surface area contributed by atoms with Crippen LogP contribution in [0.2, 0.25) is 0 Å². The van der Waals surface area contributed by atoms with Crippen LogP contribution in [0.25, 0.3) is 4.85 Å². The molecule has 0 fully saturated rings. The molecule has 2 aromatic carbocycles. The van der Waals surface area contributed by atoms with Crippen molar-refractivity contribution < 1.29 is 12.6 Å². The van der Waals surface area contributed by atoms with E-state index in [0.717, 1.165) is 11.1 Å². The largest absolute Gasteiger partial charge is 0.321 e. The molecule has 1 unspecified atom stereocenters. The Balaban J connectivity index is 2.11. The fourth-order valence-corrected chi connectivity index (χ4v) is 2.74. The molecule has 0 saturated heterocycles. The van der Waals surface area contributed by atoms with Crippen LogP contribution in [0.15, 0.2) is 59.5 Å². The highest BCUT2D eigenvalue weighted by atomic mass is 32.2. The molecule has 2 aromatic rings. The van der Waals surface area contributed by atoms with Crippen molar-refractivity contribution in [1.82, 2.24) is 0 Å². The number of nitrogens with zero attached hydrogens (tertiary/aromatic N) is 1. The Morgan fingerprint density at radius 3 is 2.29 bits per heavy atom. The molecule has 0 N–H and O–H groups in total. The van der Waals surface area contributed by atoms with Crippen molar-refractivity contribution in [3.05, 3.63) is 70.6 Å². The van der Waals surface area contributed by atoms with Crippen LogP contribution in [0.5, 0.6) is 0 Å². The van der Waals surface area contributed by atoms with E-state index in [0.29, 0.717) is 0 Å². The van der Waals surface area contributed by atoms with Crippen LogP contribution in [-0.2, 0) is 14.3 Å². The zero-order valence-corrected chi connectivity index (χ0v) is 12.5. The Labute approximate surface area is 124 Å². The summed E-state index contributed by atoms with van der Waals surface area (Å²) in [5, 5.41) is 0. The second kappa shape index (κ2) is 6.53. The molecule has 0 aromatic heterocycles. The smallest absolute Gasteiger partial charge is 0.258 e. The molecule has 0 saturated carbocycles. The molecular weight excluding hydrogens is 286 g/mol. The van der Waals surface area contributed by atoms with Gasteiger partial charge in [0.25, 0.3) is 16.7 Å². The van der Waals surface area contributed by atoms with Gasteiger partial charge in [-0.2, -0.15) is 8.42 Å². The summed E-state index contributed by atoms with van der Waals surface area (Å²) in [7, 11) is -3.81. The highest BCUT2D eigenvalue weighted by Crippen LogP contribution is 2.20. The van der Waals surface area contributed by atoms with Crippen LogP contribution in [0.1, 0.15) is 17.2 Å². The predicted octanol–water partition coefficient (Wildman–Crippen LogP) is 3.40. The molecule has 0 amide bonds. The minimum atomic E-state index is -3.81. The molecule has 0 bridgehead atoms. The molecule has 2 rings (SSSR count). The fourth-order valence-electron chi connectivity index (χ4n) is 1.83. The first kappa shape index (κ1) is 15.2. The first-order valence-electron chi connectivity index (χ1n) is 6.44. The Morgan fingerprint density at radius 1 is 1.10 bits per heavy atom. The molecule has 0 aliphatic carbocycles. The minimum absolute atomic E-state index is 0.122. The van der Waals surface area contributed by atoms with Gasteiger partial charge >= 0.3 is 6.04 Å². The summed E-state index contributed by atoms with van der Waals surface area (Å²) in [5.74, 6) is 0. The number of benzene rings is 2. The number of aryl methyl sites for hydroxylation is 1. The van der Waals surface area contributed by atoms with E-state index in [1.54, 1.807) is 12.1 Å². The molecule has 0 spiro atoms. The summed E-state index contributed by atoms with van der Waals surface area (Å²) < 4.78 is 29.2. The van der Waals surface area contributed by atoms with Crippen molar-refractivity contribution >= 4 is 10.1 Å². The van der Waals surface area contributed by atoms with Crippen molar-refractivity contribution in [2.45, 2.75) is 17.9 Å². The maximum atomic E-state index is 12.1. The molecule has 0 aliphatic heterocycles. The van der Waals surface area contributed by atoms with E-state index in [9.17, 15) is 8.42 Å². The highest BCUT2D eigenvalue weighted by molar-refractivity contribution is 7.86. The monoisotopic (exact) mass is 302 g/mol. The average molecular weight is 302 g/mol. The second-order valence-electron chi connectivity index (χ2n) is 4.63. The van der Waals surface area contributed by atoms with E-state index in [2.05, 4.69) is 4.85 Å². The zero-order valence-electron chi connectivity index (χ0n) is 11.6. The van der Waals surface area contributed by atoms with E-state index < -0.39 is 16.2 Å². The quantitative estimate of drug-likeness (QED) is 0.795. The summed E-state index contributed by atoms with van der Waals surface area (Å²) in [6, 6.07) is 15.1. The Hall–Kier alpha value is -2.16. The van der Waals surface area contributed by atoms with Crippen LogP contribution in [0, 0.1) is 13.5 Å². The maximum absolute atomic E-state index is 12.1. The van der Waals surface area contributed by atoms with Gasteiger partial charge in [-0.25, -0.2) is 0 Å². The molecule has 4 nitrogen and oxygen atoms in total. The first-order chi connectivity index (χ1) is 10.0. The minimum Gasteiger partial charge on any atom is -0.258 e. The normalized spacial score (nSPS) is 12.6. The van der Waals surface area contributed by atoms with Crippen LogP contribution in [0.4, 0.5) is 0 Å². The van der Waals surface area contributed by atoms with Gasteiger partial charge in [0.15, 0.2) is 6.61 Å². The van der Waals surface area contributed by atoms with E-state index in [4.69, 9.17) is 10.8 Å². The van der Waals surface area contributed by atoms with Gasteiger partial charge in [0.05, 0.1) is 4.90 Å². The lowest BCUT2D eigenvalue weighted by Crippen LogP contribution is -2.12. The van der Waals surface area contributed by atoms with Crippen molar-refractivity contribution in [2.75, 3.05) is 6.61 Å². The van der Waals surface area contributed by atoms with Gasteiger partial charge in [-0.05, 0) is 19.1 Å². The van der Waals surface area contributed by atoms with Gasteiger partial charge in [-0.15, -0.1) is 0 Å². The highest BCUT2D eigenvalue weighted by Gasteiger charge is 2.24. The second-order valence-corrected chi connectivity index (χ2v) is 6.24. The van der Waals surface area contributed by atoms with Crippen molar-refractivity contribution in [1.29, 1.82) is 0 Å². The Morgan fingerprint density at radius 2 is 1.71 bits per heavy atom. The van der Waals surface area contributed by atoms with Crippen LogP contribution < -0.4 is 0 Å². The summed E-state index contributed by atoms with van der Waals surface area (Å²) in [6.45, 7) is 7.10. The lowest BCUT2D eigenvalue weighted by Gasteiger charge is -2.06. The van der Waals surface area contributed by atoms with Gasteiger partial charge in [0, 0.05) is 5.56 Å². The predicted molar refractivity (Wildman–Crippen MR) is 81.8 cm³/mol. The van der Waals surface area contributed by atoms with E-state index >= 15 is 0 Å². The van der Waals surface area contributed by atoms with Gasteiger partial charge in [0.2, 0.25) is 0 Å². The summed E-state index contributed by atoms with van der Waals surface area (Å²) in [6.07, 6.45) is 0. The third-order valence-corrected chi connectivity index (χ3v) is 4.35. The van der Waals surface area contributed by atoms with Gasteiger partial charge in [-0.1, -0.05) is 52.9 Å². The number of rotatable bonds is 5. The SMILES string of the molecule is C#[N+]C(COS(=O)(=O)c1ccc(C)cc1)c1ccccc1. The van der Waals surface area contributed by atoms with Gasteiger partial charge < -0.3 is 0 Å². The first-order valence-corrected chi connectivity index (χ1v) is 7.85. The van der Waals surface area contributed by atoms with Gasteiger partial charge in [-0.3, -0.25) is 4.18 Å². The Bertz CT molecular complexity index is 731. The van der Waals surface area contributed by atoms with Crippen molar-refractivity contribution in [3.63, 3.8) is 0 Å². The topological polar surface area (TPSA) is 47.7 Å².